The third-order valence-corrected chi connectivity index (χ3v) is 4.14. The molecule has 19 heavy (non-hydrogen) atoms. The van der Waals surface area contributed by atoms with Crippen molar-refractivity contribution < 1.29 is 4.79 Å². The molecule has 0 saturated carbocycles. The van der Waals surface area contributed by atoms with Crippen molar-refractivity contribution in [2.45, 2.75) is 37.8 Å². The monoisotopic (exact) mass is 256 g/mol. The second-order valence-electron chi connectivity index (χ2n) is 5.54. The molecule has 0 radical (unpaired) electrons. The van der Waals surface area contributed by atoms with Crippen LogP contribution in [0.4, 0.5) is 0 Å². The summed E-state index contributed by atoms with van der Waals surface area (Å²) in [5, 5.41) is 3.19. The SMILES string of the molecule is NC1C=CC(C(=O)NC2CCCc3ccccc32)C1. The molecule has 3 atom stereocenters. The van der Waals surface area contributed by atoms with Gasteiger partial charge in [0.05, 0.1) is 12.0 Å². The van der Waals surface area contributed by atoms with Gasteiger partial charge in [-0.3, -0.25) is 4.79 Å². The predicted molar refractivity (Wildman–Crippen MR) is 75.5 cm³/mol. The fourth-order valence-corrected chi connectivity index (χ4v) is 3.10. The first-order valence-corrected chi connectivity index (χ1v) is 7.06. The highest BCUT2D eigenvalue weighted by Gasteiger charge is 2.27. The van der Waals surface area contributed by atoms with Gasteiger partial charge in [0.2, 0.25) is 5.91 Å². The Morgan fingerprint density at radius 1 is 1.26 bits per heavy atom. The van der Waals surface area contributed by atoms with Crippen molar-refractivity contribution in [3.63, 3.8) is 0 Å². The number of carbonyl (C=O) groups excluding carboxylic acids is 1. The Morgan fingerprint density at radius 2 is 2.11 bits per heavy atom. The van der Waals surface area contributed by atoms with Crippen LogP contribution in [0.5, 0.6) is 0 Å². The Kier molecular flexibility index (Phi) is 3.38. The second-order valence-corrected chi connectivity index (χ2v) is 5.54. The highest BCUT2D eigenvalue weighted by atomic mass is 16.1. The lowest BCUT2D eigenvalue weighted by Gasteiger charge is -2.27. The highest BCUT2D eigenvalue weighted by Crippen LogP contribution is 2.30. The molecule has 0 heterocycles. The number of fused-ring (bicyclic) bond motifs is 1. The average Bonchev–Trinajstić information content (AvgIpc) is 2.86. The van der Waals surface area contributed by atoms with Gasteiger partial charge in [-0.25, -0.2) is 0 Å². The number of amides is 1. The molecule has 100 valence electrons. The van der Waals surface area contributed by atoms with Crippen LogP contribution in [0, 0.1) is 5.92 Å². The number of benzene rings is 1. The number of aryl methyl sites for hydroxylation is 1. The van der Waals surface area contributed by atoms with Gasteiger partial charge in [0.25, 0.3) is 0 Å². The van der Waals surface area contributed by atoms with E-state index in [0.717, 1.165) is 25.7 Å². The zero-order valence-electron chi connectivity index (χ0n) is 11.0. The summed E-state index contributed by atoms with van der Waals surface area (Å²) in [6.45, 7) is 0. The Hall–Kier alpha value is -1.61. The largest absolute Gasteiger partial charge is 0.349 e. The Morgan fingerprint density at radius 3 is 2.89 bits per heavy atom. The first kappa shape index (κ1) is 12.4. The summed E-state index contributed by atoms with van der Waals surface area (Å²) in [4.78, 5) is 12.3. The molecule has 0 bridgehead atoms. The molecule has 0 saturated heterocycles. The van der Waals surface area contributed by atoms with Crippen LogP contribution in [0.3, 0.4) is 0 Å². The number of nitrogens with two attached hydrogens (primary N) is 1. The molecule has 0 aliphatic heterocycles. The molecule has 1 aromatic rings. The molecule has 2 aliphatic rings. The fraction of sp³-hybridized carbons (Fsp3) is 0.438. The van der Waals surface area contributed by atoms with E-state index >= 15 is 0 Å². The standard InChI is InChI=1S/C16H20N2O/c17-13-9-8-12(10-13)16(19)18-15-7-3-5-11-4-1-2-6-14(11)15/h1-2,4,6,8-9,12-13,15H,3,5,7,10,17H2,(H,18,19). The molecule has 0 spiro atoms. The zero-order valence-corrected chi connectivity index (χ0v) is 11.0. The molecule has 3 rings (SSSR count). The van der Waals surface area contributed by atoms with Crippen molar-refractivity contribution in [2.24, 2.45) is 11.7 Å². The first-order chi connectivity index (χ1) is 9.24. The smallest absolute Gasteiger partial charge is 0.227 e. The van der Waals surface area contributed by atoms with Crippen LogP contribution < -0.4 is 11.1 Å². The van der Waals surface area contributed by atoms with Crippen LogP contribution in [0.1, 0.15) is 36.4 Å². The van der Waals surface area contributed by atoms with Gasteiger partial charge in [-0.15, -0.1) is 0 Å². The molecular formula is C16H20N2O. The topological polar surface area (TPSA) is 55.1 Å². The second kappa shape index (κ2) is 5.17. The number of carbonyl (C=O) groups is 1. The van der Waals surface area contributed by atoms with Gasteiger partial charge in [-0.1, -0.05) is 36.4 Å². The lowest BCUT2D eigenvalue weighted by Crippen LogP contribution is -2.35. The van der Waals surface area contributed by atoms with Gasteiger partial charge < -0.3 is 11.1 Å². The normalized spacial score (nSPS) is 29.0. The Bertz CT molecular complexity index is 509. The van der Waals surface area contributed by atoms with E-state index in [0.29, 0.717) is 0 Å². The van der Waals surface area contributed by atoms with E-state index in [-0.39, 0.29) is 23.9 Å². The third-order valence-electron chi connectivity index (χ3n) is 4.14. The quantitative estimate of drug-likeness (QED) is 0.796. The minimum absolute atomic E-state index is 0.0365. The van der Waals surface area contributed by atoms with E-state index in [1.165, 1.54) is 11.1 Å². The summed E-state index contributed by atoms with van der Waals surface area (Å²) in [5.74, 6) is 0.0648. The van der Waals surface area contributed by atoms with E-state index in [2.05, 4.69) is 29.6 Å². The number of rotatable bonds is 2. The third kappa shape index (κ3) is 2.56. The molecule has 0 fully saturated rings. The molecule has 1 amide bonds. The number of hydrogen-bond acceptors (Lipinski definition) is 2. The number of hydrogen-bond donors (Lipinski definition) is 2. The molecule has 1 aromatic carbocycles. The summed E-state index contributed by atoms with van der Waals surface area (Å²) in [5.41, 5.74) is 8.46. The van der Waals surface area contributed by atoms with E-state index in [9.17, 15) is 4.79 Å². The zero-order chi connectivity index (χ0) is 13.2. The fourth-order valence-electron chi connectivity index (χ4n) is 3.10. The van der Waals surface area contributed by atoms with Gasteiger partial charge in [0.1, 0.15) is 0 Å². The van der Waals surface area contributed by atoms with Crippen LogP contribution in [-0.2, 0) is 11.2 Å². The molecule has 2 aliphatic carbocycles. The summed E-state index contributed by atoms with van der Waals surface area (Å²) in [6, 6.07) is 8.63. The summed E-state index contributed by atoms with van der Waals surface area (Å²) in [6.07, 6.45) is 7.90. The van der Waals surface area contributed by atoms with Gasteiger partial charge in [-0.2, -0.15) is 0 Å². The van der Waals surface area contributed by atoms with Crippen molar-refractivity contribution >= 4 is 5.91 Å². The van der Waals surface area contributed by atoms with Crippen LogP contribution in [-0.4, -0.2) is 11.9 Å². The molecule has 3 unspecified atom stereocenters. The van der Waals surface area contributed by atoms with Gasteiger partial charge in [0.15, 0.2) is 0 Å². The van der Waals surface area contributed by atoms with Crippen molar-refractivity contribution in [2.75, 3.05) is 0 Å². The van der Waals surface area contributed by atoms with E-state index < -0.39 is 0 Å². The van der Waals surface area contributed by atoms with Crippen LogP contribution in [0.25, 0.3) is 0 Å². The maximum atomic E-state index is 12.3. The lowest BCUT2D eigenvalue weighted by molar-refractivity contribution is -0.124. The maximum absolute atomic E-state index is 12.3. The lowest BCUT2D eigenvalue weighted by atomic mass is 9.87. The molecular weight excluding hydrogens is 236 g/mol. The molecule has 3 N–H and O–H groups in total. The van der Waals surface area contributed by atoms with E-state index in [4.69, 9.17) is 5.73 Å². The first-order valence-electron chi connectivity index (χ1n) is 7.06. The Labute approximate surface area is 113 Å². The minimum atomic E-state index is -0.0518. The average molecular weight is 256 g/mol. The molecule has 0 aromatic heterocycles. The van der Waals surface area contributed by atoms with Crippen molar-refractivity contribution in [3.05, 3.63) is 47.5 Å². The van der Waals surface area contributed by atoms with Crippen LogP contribution in [0.15, 0.2) is 36.4 Å². The van der Waals surface area contributed by atoms with E-state index in [1.807, 2.05) is 12.2 Å². The van der Waals surface area contributed by atoms with Crippen LogP contribution >= 0.6 is 0 Å². The van der Waals surface area contributed by atoms with Crippen molar-refractivity contribution in [1.82, 2.24) is 5.32 Å². The minimum Gasteiger partial charge on any atom is -0.349 e. The van der Waals surface area contributed by atoms with Crippen molar-refractivity contribution in [3.8, 4) is 0 Å². The van der Waals surface area contributed by atoms with Crippen molar-refractivity contribution in [1.29, 1.82) is 0 Å². The summed E-state index contributed by atoms with van der Waals surface area (Å²) >= 11 is 0. The highest BCUT2D eigenvalue weighted by molar-refractivity contribution is 5.81. The predicted octanol–water partition coefficient (Wildman–Crippen LogP) is 2.08. The molecule has 3 nitrogen and oxygen atoms in total. The van der Waals surface area contributed by atoms with Gasteiger partial charge >= 0.3 is 0 Å². The summed E-state index contributed by atoms with van der Waals surface area (Å²) < 4.78 is 0. The summed E-state index contributed by atoms with van der Waals surface area (Å²) in [7, 11) is 0. The van der Waals surface area contributed by atoms with Crippen LogP contribution in [0.2, 0.25) is 0 Å². The maximum Gasteiger partial charge on any atom is 0.227 e. The number of nitrogens with one attached hydrogen (secondary N) is 1. The van der Waals surface area contributed by atoms with E-state index in [1.54, 1.807) is 0 Å². The van der Waals surface area contributed by atoms with Gasteiger partial charge in [-0.05, 0) is 36.8 Å². The Balaban J connectivity index is 1.71. The molecule has 3 heteroatoms. The van der Waals surface area contributed by atoms with Gasteiger partial charge in [0, 0.05) is 6.04 Å².